The van der Waals surface area contributed by atoms with Crippen molar-refractivity contribution >= 4 is 0 Å². The summed E-state index contributed by atoms with van der Waals surface area (Å²) < 4.78 is 1.87. The zero-order valence-corrected chi connectivity index (χ0v) is 10.0. The third-order valence-corrected chi connectivity index (χ3v) is 2.57. The van der Waals surface area contributed by atoms with Crippen molar-refractivity contribution in [2.45, 2.75) is 39.3 Å². The van der Waals surface area contributed by atoms with Crippen LogP contribution in [0, 0.1) is 6.92 Å². The molecule has 0 bridgehead atoms. The molecule has 1 heterocycles. The maximum Gasteiger partial charge on any atom is 0.0603 e. The first kappa shape index (κ1) is 12.2. The number of aromatic nitrogens is 2. The topological polar surface area (TPSA) is 50.1 Å². The van der Waals surface area contributed by atoms with Gasteiger partial charge >= 0.3 is 0 Å². The van der Waals surface area contributed by atoms with E-state index in [-0.39, 0.29) is 0 Å². The number of aryl methyl sites for hydroxylation is 1. The summed E-state index contributed by atoms with van der Waals surface area (Å²) in [7, 11) is 1.94. The molecule has 0 aliphatic carbocycles. The van der Waals surface area contributed by atoms with Crippen LogP contribution < -0.4 is 5.32 Å². The van der Waals surface area contributed by atoms with Crippen molar-refractivity contribution in [1.82, 2.24) is 15.1 Å². The van der Waals surface area contributed by atoms with Crippen LogP contribution in [0.2, 0.25) is 0 Å². The third kappa shape index (κ3) is 4.01. The fourth-order valence-electron chi connectivity index (χ4n) is 1.34. The predicted octanol–water partition coefficient (Wildman–Crippen LogP) is 0.979. The molecule has 15 heavy (non-hydrogen) atoms. The lowest BCUT2D eigenvalue weighted by Crippen LogP contribution is -2.26. The zero-order valence-electron chi connectivity index (χ0n) is 10.0. The molecular formula is C11H21N3O. The molecule has 0 amide bonds. The van der Waals surface area contributed by atoms with Gasteiger partial charge in [0.1, 0.15) is 0 Å². The van der Waals surface area contributed by atoms with Gasteiger partial charge in [0.2, 0.25) is 0 Å². The fourth-order valence-corrected chi connectivity index (χ4v) is 1.34. The van der Waals surface area contributed by atoms with Gasteiger partial charge in [0.15, 0.2) is 0 Å². The molecule has 4 nitrogen and oxygen atoms in total. The van der Waals surface area contributed by atoms with E-state index < -0.39 is 5.60 Å². The Morgan fingerprint density at radius 3 is 2.67 bits per heavy atom. The molecule has 0 aliphatic heterocycles. The smallest absolute Gasteiger partial charge is 0.0603 e. The average molecular weight is 211 g/mol. The Labute approximate surface area is 91.3 Å². The minimum atomic E-state index is -0.586. The van der Waals surface area contributed by atoms with Crippen LogP contribution in [0.1, 0.15) is 31.5 Å². The van der Waals surface area contributed by atoms with Crippen LogP contribution in [0.4, 0.5) is 0 Å². The molecule has 0 aliphatic rings. The van der Waals surface area contributed by atoms with Gasteiger partial charge in [-0.3, -0.25) is 4.68 Å². The van der Waals surface area contributed by atoms with E-state index in [1.807, 2.05) is 31.8 Å². The second-order valence-corrected chi connectivity index (χ2v) is 4.62. The van der Waals surface area contributed by atoms with Crippen molar-refractivity contribution in [3.05, 3.63) is 17.5 Å². The molecule has 0 unspecified atom stereocenters. The SMILES string of the molecule is Cc1c(CNCCC(C)(C)O)cnn1C. The van der Waals surface area contributed by atoms with Gasteiger partial charge in [-0.15, -0.1) is 0 Å². The van der Waals surface area contributed by atoms with Gasteiger partial charge in [0.25, 0.3) is 0 Å². The van der Waals surface area contributed by atoms with Gasteiger partial charge < -0.3 is 10.4 Å². The second-order valence-electron chi connectivity index (χ2n) is 4.62. The highest BCUT2D eigenvalue weighted by molar-refractivity contribution is 5.15. The Morgan fingerprint density at radius 1 is 1.53 bits per heavy atom. The summed E-state index contributed by atoms with van der Waals surface area (Å²) in [5, 5.41) is 17.0. The van der Waals surface area contributed by atoms with E-state index in [1.54, 1.807) is 0 Å². The van der Waals surface area contributed by atoms with Crippen LogP contribution in [0.5, 0.6) is 0 Å². The Hall–Kier alpha value is -0.870. The number of rotatable bonds is 5. The molecule has 0 radical (unpaired) electrons. The van der Waals surface area contributed by atoms with Gasteiger partial charge in [-0.05, 0) is 33.7 Å². The van der Waals surface area contributed by atoms with Gasteiger partial charge in [0, 0.05) is 24.8 Å². The Morgan fingerprint density at radius 2 is 2.20 bits per heavy atom. The maximum atomic E-state index is 9.52. The Bertz CT molecular complexity index is 312. The van der Waals surface area contributed by atoms with Gasteiger partial charge in [0.05, 0.1) is 11.8 Å². The van der Waals surface area contributed by atoms with E-state index >= 15 is 0 Å². The van der Waals surface area contributed by atoms with E-state index in [4.69, 9.17) is 0 Å². The average Bonchev–Trinajstić information content (AvgIpc) is 2.42. The summed E-state index contributed by atoms with van der Waals surface area (Å²) in [4.78, 5) is 0. The first-order chi connectivity index (χ1) is 6.90. The molecule has 0 aromatic carbocycles. The van der Waals surface area contributed by atoms with Crippen molar-refractivity contribution < 1.29 is 5.11 Å². The monoisotopic (exact) mass is 211 g/mol. The number of nitrogens with zero attached hydrogens (tertiary/aromatic N) is 2. The molecule has 0 saturated heterocycles. The second kappa shape index (κ2) is 4.77. The van der Waals surface area contributed by atoms with E-state index in [2.05, 4.69) is 17.3 Å². The van der Waals surface area contributed by atoms with Crippen molar-refractivity contribution in [2.24, 2.45) is 7.05 Å². The number of nitrogens with one attached hydrogen (secondary N) is 1. The standard InChI is InChI=1S/C11H21N3O/c1-9-10(8-13-14(9)4)7-12-6-5-11(2,3)15/h8,12,15H,5-7H2,1-4H3. The summed E-state index contributed by atoms with van der Waals surface area (Å²) >= 11 is 0. The van der Waals surface area contributed by atoms with Crippen molar-refractivity contribution in [2.75, 3.05) is 6.54 Å². The summed E-state index contributed by atoms with van der Waals surface area (Å²) in [6, 6.07) is 0. The van der Waals surface area contributed by atoms with Crippen LogP contribution in [0.15, 0.2) is 6.20 Å². The molecular weight excluding hydrogens is 190 g/mol. The quantitative estimate of drug-likeness (QED) is 0.714. The van der Waals surface area contributed by atoms with E-state index in [0.717, 1.165) is 19.5 Å². The van der Waals surface area contributed by atoms with Crippen LogP contribution >= 0.6 is 0 Å². The highest BCUT2D eigenvalue weighted by Crippen LogP contribution is 2.07. The van der Waals surface area contributed by atoms with Gasteiger partial charge in [-0.25, -0.2) is 0 Å². The number of hydrogen-bond acceptors (Lipinski definition) is 3. The highest BCUT2D eigenvalue weighted by atomic mass is 16.3. The molecule has 1 aromatic rings. The normalized spacial score (nSPS) is 12.1. The van der Waals surface area contributed by atoms with Gasteiger partial charge in [-0.1, -0.05) is 0 Å². The Balaban J connectivity index is 2.30. The zero-order chi connectivity index (χ0) is 11.5. The molecule has 0 spiro atoms. The highest BCUT2D eigenvalue weighted by Gasteiger charge is 2.11. The number of aliphatic hydroxyl groups is 1. The summed E-state index contributed by atoms with van der Waals surface area (Å²) in [6.07, 6.45) is 2.64. The lowest BCUT2D eigenvalue weighted by molar-refractivity contribution is 0.0711. The summed E-state index contributed by atoms with van der Waals surface area (Å²) in [5.74, 6) is 0. The molecule has 0 fully saturated rings. The minimum absolute atomic E-state index is 0.586. The first-order valence-electron chi connectivity index (χ1n) is 5.31. The first-order valence-corrected chi connectivity index (χ1v) is 5.31. The van der Waals surface area contributed by atoms with E-state index in [9.17, 15) is 5.11 Å². The molecule has 0 saturated carbocycles. The number of hydrogen-bond donors (Lipinski definition) is 2. The molecule has 2 N–H and O–H groups in total. The van der Waals surface area contributed by atoms with Crippen LogP contribution in [-0.4, -0.2) is 27.0 Å². The van der Waals surface area contributed by atoms with Crippen molar-refractivity contribution in [1.29, 1.82) is 0 Å². The molecule has 1 rings (SSSR count). The van der Waals surface area contributed by atoms with E-state index in [1.165, 1.54) is 11.3 Å². The van der Waals surface area contributed by atoms with E-state index in [0.29, 0.717) is 0 Å². The molecule has 0 atom stereocenters. The maximum absolute atomic E-state index is 9.52. The lowest BCUT2D eigenvalue weighted by Gasteiger charge is -2.16. The third-order valence-electron chi connectivity index (χ3n) is 2.57. The van der Waals surface area contributed by atoms with Crippen molar-refractivity contribution in [3.8, 4) is 0 Å². The van der Waals surface area contributed by atoms with Crippen LogP contribution in [-0.2, 0) is 13.6 Å². The molecule has 86 valence electrons. The van der Waals surface area contributed by atoms with Crippen molar-refractivity contribution in [3.63, 3.8) is 0 Å². The Kier molecular flexibility index (Phi) is 3.88. The summed E-state index contributed by atoms with van der Waals surface area (Å²) in [5.41, 5.74) is 1.82. The van der Waals surface area contributed by atoms with Crippen LogP contribution in [0.3, 0.4) is 0 Å². The predicted molar refractivity (Wildman–Crippen MR) is 60.6 cm³/mol. The minimum Gasteiger partial charge on any atom is -0.390 e. The van der Waals surface area contributed by atoms with Crippen LogP contribution in [0.25, 0.3) is 0 Å². The fraction of sp³-hybridized carbons (Fsp3) is 0.727. The van der Waals surface area contributed by atoms with Gasteiger partial charge in [-0.2, -0.15) is 5.10 Å². The molecule has 4 heteroatoms. The molecule has 1 aromatic heterocycles. The largest absolute Gasteiger partial charge is 0.390 e. The summed E-state index contributed by atoms with van der Waals surface area (Å²) in [6.45, 7) is 7.33. The lowest BCUT2D eigenvalue weighted by atomic mass is 10.1.